The summed E-state index contributed by atoms with van der Waals surface area (Å²) in [4.78, 5) is 19.8. The molecule has 8 heteroatoms. The lowest BCUT2D eigenvalue weighted by Crippen LogP contribution is -2.45. The molecule has 0 saturated carbocycles. The Labute approximate surface area is 194 Å². The molecular formula is C25H22FN5OS. The van der Waals surface area contributed by atoms with Gasteiger partial charge in [0.15, 0.2) is 0 Å². The second kappa shape index (κ2) is 8.43. The van der Waals surface area contributed by atoms with Crippen molar-refractivity contribution in [3.63, 3.8) is 0 Å². The fourth-order valence-electron chi connectivity index (χ4n) is 4.32. The van der Waals surface area contributed by atoms with Crippen LogP contribution >= 0.6 is 11.3 Å². The van der Waals surface area contributed by atoms with Crippen molar-refractivity contribution in [2.75, 3.05) is 13.1 Å². The van der Waals surface area contributed by atoms with Crippen LogP contribution in [0.4, 0.5) is 10.1 Å². The van der Waals surface area contributed by atoms with E-state index in [1.54, 1.807) is 15.6 Å². The van der Waals surface area contributed by atoms with Gasteiger partial charge in [-0.05, 0) is 42.2 Å². The first-order valence-electron chi connectivity index (χ1n) is 10.7. The third kappa shape index (κ3) is 4.01. The Balaban J connectivity index is 1.63. The normalized spacial score (nSPS) is 16.2. The Bertz CT molecular complexity index is 1420. The van der Waals surface area contributed by atoms with Gasteiger partial charge in [0.05, 0.1) is 17.0 Å². The summed E-state index contributed by atoms with van der Waals surface area (Å²) in [7, 11) is 1.87. The quantitative estimate of drug-likeness (QED) is 0.427. The number of carbonyl (C=O) groups excluding carboxylic acids is 1. The second-order valence-electron chi connectivity index (χ2n) is 8.36. The molecule has 2 aromatic heterocycles. The van der Waals surface area contributed by atoms with Crippen molar-refractivity contribution >= 4 is 33.8 Å². The minimum atomic E-state index is -0.574. The minimum absolute atomic E-state index is 0.0107. The molecule has 0 spiro atoms. The number of benzene rings is 2. The highest BCUT2D eigenvalue weighted by Crippen LogP contribution is 2.41. The van der Waals surface area contributed by atoms with Crippen molar-refractivity contribution < 1.29 is 9.18 Å². The van der Waals surface area contributed by atoms with Crippen LogP contribution < -0.4 is 5.73 Å². The Morgan fingerprint density at radius 3 is 2.82 bits per heavy atom. The van der Waals surface area contributed by atoms with E-state index >= 15 is 0 Å². The zero-order chi connectivity index (χ0) is 23.1. The molecule has 2 aromatic carbocycles. The largest absolute Gasteiger partial charge is 0.336 e. The lowest BCUT2D eigenvalue weighted by molar-refractivity contribution is 0.0714. The number of nitrogens with zero attached hydrogens (tertiary/aromatic N) is 4. The van der Waals surface area contributed by atoms with Gasteiger partial charge in [-0.3, -0.25) is 9.48 Å². The number of nitrogens with two attached hydrogens (primary N) is 1. The Kier molecular flexibility index (Phi) is 5.44. The molecule has 166 valence electrons. The van der Waals surface area contributed by atoms with E-state index in [9.17, 15) is 9.18 Å². The molecule has 1 aliphatic rings. The molecule has 2 N–H and O–H groups in total. The van der Waals surface area contributed by atoms with Gasteiger partial charge in [-0.25, -0.2) is 9.24 Å². The first-order chi connectivity index (χ1) is 15.9. The number of aromatic nitrogens is 2. The van der Waals surface area contributed by atoms with Gasteiger partial charge < -0.3 is 10.6 Å². The van der Waals surface area contributed by atoms with Gasteiger partial charge >= 0.3 is 0 Å². The van der Waals surface area contributed by atoms with Crippen molar-refractivity contribution in [1.29, 1.82) is 0 Å². The lowest BCUT2D eigenvalue weighted by atomic mass is 10.0. The molecule has 3 heterocycles. The maximum Gasteiger partial charge on any atom is 0.264 e. The highest BCUT2D eigenvalue weighted by atomic mass is 32.1. The number of halogens is 1. The number of thiophene rings is 1. The third-order valence-electron chi connectivity index (χ3n) is 5.95. The van der Waals surface area contributed by atoms with Crippen LogP contribution in [0.15, 0.2) is 48.7 Å². The van der Waals surface area contributed by atoms with Gasteiger partial charge in [0.1, 0.15) is 5.82 Å². The maximum absolute atomic E-state index is 14.5. The maximum atomic E-state index is 14.5. The second-order valence-corrected chi connectivity index (χ2v) is 9.41. The zero-order valence-corrected chi connectivity index (χ0v) is 18.9. The molecule has 1 fully saturated rings. The Morgan fingerprint density at radius 1 is 1.24 bits per heavy atom. The number of rotatable bonds is 3. The van der Waals surface area contributed by atoms with Gasteiger partial charge in [-0.2, -0.15) is 5.10 Å². The van der Waals surface area contributed by atoms with E-state index < -0.39 is 5.82 Å². The standard InChI is InChI=1S/C25H22FN5OS/c1-28-21-8-7-15(10-20(21)26)19-12-23(25(32)31-9-3-4-18(27)14-31)33-24(19)16-5-6-17-13-30(2)29-22(17)11-16/h5-8,10-13,18H,3-4,9,14,27H2,2H3/t18-/m1/s1. The summed E-state index contributed by atoms with van der Waals surface area (Å²) in [6.07, 6.45) is 3.75. The Hall–Kier alpha value is -3.54. The zero-order valence-electron chi connectivity index (χ0n) is 18.1. The molecule has 33 heavy (non-hydrogen) atoms. The van der Waals surface area contributed by atoms with Gasteiger partial charge in [0.2, 0.25) is 5.69 Å². The summed E-state index contributed by atoms with van der Waals surface area (Å²) >= 11 is 1.39. The van der Waals surface area contributed by atoms with E-state index in [4.69, 9.17) is 12.3 Å². The van der Waals surface area contributed by atoms with E-state index in [-0.39, 0.29) is 17.6 Å². The molecule has 4 aromatic rings. The molecule has 1 amide bonds. The van der Waals surface area contributed by atoms with Crippen LogP contribution in [0.3, 0.4) is 0 Å². The molecule has 0 unspecified atom stereocenters. The molecule has 1 aliphatic heterocycles. The summed E-state index contributed by atoms with van der Waals surface area (Å²) < 4.78 is 16.2. The molecule has 1 saturated heterocycles. The number of aryl methyl sites for hydroxylation is 1. The van der Waals surface area contributed by atoms with Gasteiger partial charge in [-0.1, -0.05) is 24.3 Å². The predicted octanol–water partition coefficient (Wildman–Crippen LogP) is 5.22. The van der Waals surface area contributed by atoms with E-state index in [2.05, 4.69) is 9.94 Å². The molecule has 6 nitrogen and oxygen atoms in total. The van der Waals surface area contributed by atoms with Crippen LogP contribution in [0, 0.1) is 12.4 Å². The summed E-state index contributed by atoms with van der Waals surface area (Å²) in [5, 5.41) is 5.52. The summed E-state index contributed by atoms with van der Waals surface area (Å²) in [6, 6.07) is 12.4. The summed E-state index contributed by atoms with van der Waals surface area (Å²) in [6.45, 7) is 8.34. The molecule has 0 bridgehead atoms. The average Bonchev–Trinajstić information content (AvgIpc) is 3.41. The number of amides is 1. The van der Waals surface area contributed by atoms with Crippen molar-refractivity contribution in [1.82, 2.24) is 14.7 Å². The molecule has 5 rings (SSSR count). The number of fused-ring (bicyclic) bond motifs is 1. The fraction of sp³-hybridized carbons (Fsp3) is 0.240. The van der Waals surface area contributed by atoms with Crippen molar-refractivity contribution in [3.05, 3.63) is 70.8 Å². The lowest BCUT2D eigenvalue weighted by Gasteiger charge is -2.30. The van der Waals surface area contributed by atoms with Crippen LogP contribution in [-0.2, 0) is 7.05 Å². The highest BCUT2D eigenvalue weighted by molar-refractivity contribution is 7.18. The number of carbonyl (C=O) groups is 1. The van der Waals surface area contributed by atoms with Crippen molar-refractivity contribution in [3.8, 4) is 21.6 Å². The van der Waals surface area contributed by atoms with E-state index in [1.807, 2.05) is 37.5 Å². The molecular weight excluding hydrogens is 437 g/mol. The topological polar surface area (TPSA) is 68.5 Å². The monoisotopic (exact) mass is 459 g/mol. The molecule has 1 atom stereocenters. The van der Waals surface area contributed by atoms with Crippen molar-refractivity contribution in [2.24, 2.45) is 12.8 Å². The summed E-state index contributed by atoms with van der Waals surface area (Å²) in [5.41, 5.74) is 9.21. The SMILES string of the molecule is [C-]#[N+]c1ccc(-c2cc(C(=O)N3CCC[C@@H](N)C3)sc2-c2ccc3cn(C)nc3c2)cc1F. The number of hydrogen-bond acceptors (Lipinski definition) is 4. The molecule has 0 radical (unpaired) electrons. The Morgan fingerprint density at radius 2 is 2.06 bits per heavy atom. The fourth-order valence-corrected chi connectivity index (χ4v) is 5.47. The number of hydrogen-bond donors (Lipinski definition) is 1. The van der Waals surface area contributed by atoms with Gasteiger partial charge in [-0.15, -0.1) is 11.3 Å². The van der Waals surface area contributed by atoms with Gasteiger partial charge in [0, 0.05) is 48.2 Å². The highest BCUT2D eigenvalue weighted by Gasteiger charge is 2.26. The minimum Gasteiger partial charge on any atom is -0.336 e. The van der Waals surface area contributed by atoms with E-state index in [0.29, 0.717) is 23.5 Å². The van der Waals surface area contributed by atoms with E-state index in [1.165, 1.54) is 23.5 Å². The predicted molar refractivity (Wildman–Crippen MR) is 129 cm³/mol. The van der Waals surface area contributed by atoms with Crippen LogP contribution in [-0.4, -0.2) is 39.7 Å². The van der Waals surface area contributed by atoms with Crippen LogP contribution in [0.25, 0.3) is 37.3 Å². The van der Waals surface area contributed by atoms with Crippen LogP contribution in [0.5, 0.6) is 0 Å². The third-order valence-corrected chi connectivity index (χ3v) is 7.12. The first-order valence-corrected chi connectivity index (χ1v) is 11.5. The van der Waals surface area contributed by atoms with Crippen LogP contribution in [0.2, 0.25) is 0 Å². The number of likely N-dealkylation sites (tertiary alicyclic amines) is 1. The van der Waals surface area contributed by atoms with E-state index in [0.717, 1.165) is 39.7 Å². The van der Waals surface area contributed by atoms with Gasteiger partial charge in [0.25, 0.3) is 5.91 Å². The van der Waals surface area contributed by atoms with Crippen LogP contribution in [0.1, 0.15) is 22.5 Å². The molecule has 0 aliphatic carbocycles. The summed E-state index contributed by atoms with van der Waals surface area (Å²) in [5.74, 6) is -0.630. The number of piperidine rings is 1. The van der Waals surface area contributed by atoms with Crippen molar-refractivity contribution in [2.45, 2.75) is 18.9 Å². The first kappa shape index (κ1) is 21.3. The smallest absolute Gasteiger partial charge is 0.264 e. The average molecular weight is 460 g/mol.